The van der Waals surface area contributed by atoms with Crippen LogP contribution in [0.5, 0.6) is 0 Å². The van der Waals surface area contributed by atoms with Gasteiger partial charge in [-0.1, -0.05) is 36.9 Å². The molecule has 0 aromatic heterocycles. The van der Waals surface area contributed by atoms with Crippen LogP contribution in [-0.2, 0) is 11.2 Å². The Kier molecular flexibility index (Phi) is 4.88. The molecule has 3 nitrogen and oxygen atoms in total. The van der Waals surface area contributed by atoms with Crippen molar-refractivity contribution in [3.63, 3.8) is 0 Å². The molecular weight excluding hydrogens is 256 g/mol. The molecular formula is C15H22N2OS. The summed E-state index contributed by atoms with van der Waals surface area (Å²) in [7, 11) is 1.74. The van der Waals surface area contributed by atoms with Gasteiger partial charge in [-0.25, -0.2) is 0 Å². The zero-order chi connectivity index (χ0) is 13.7. The summed E-state index contributed by atoms with van der Waals surface area (Å²) >= 11 is 1.81. The van der Waals surface area contributed by atoms with Gasteiger partial charge in [-0.05, 0) is 31.4 Å². The van der Waals surface area contributed by atoms with Crippen LogP contribution in [0.1, 0.15) is 25.8 Å². The minimum atomic E-state index is 0.0917. The number of benzene rings is 1. The van der Waals surface area contributed by atoms with Crippen LogP contribution < -0.4 is 5.32 Å². The van der Waals surface area contributed by atoms with Crippen molar-refractivity contribution in [3.8, 4) is 0 Å². The van der Waals surface area contributed by atoms with Gasteiger partial charge < -0.3 is 10.1 Å². The van der Waals surface area contributed by atoms with Crippen LogP contribution in [0.15, 0.2) is 29.3 Å². The number of para-hydroxylation sites is 1. The van der Waals surface area contributed by atoms with Gasteiger partial charge in [-0.2, -0.15) is 0 Å². The highest BCUT2D eigenvalue weighted by atomic mass is 32.2. The van der Waals surface area contributed by atoms with Gasteiger partial charge in [0.1, 0.15) is 0 Å². The van der Waals surface area contributed by atoms with Gasteiger partial charge in [0.15, 0.2) is 5.17 Å². The topological polar surface area (TPSA) is 33.6 Å². The van der Waals surface area contributed by atoms with Gasteiger partial charge in [0.25, 0.3) is 0 Å². The maximum Gasteiger partial charge on any atom is 0.161 e. The van der Waals surface area contributed by atoms with Crippen LogP contribution in [0.4, 0.5) is 5.69 Å². The Hall–Kier alpha value is -1.00. The maximum absolute atomic E-state index is 5.16. The predicted octanol–water partition coefficient (Wildman–Crippen LogP) is 3.56. The van der Waals surface area contributed by atoms with E-state index < -0.39 is 0 Å². The van der Waals surface area contributed by atoms with Crippen molar-refractivity contribution in [2.75, 3.05) is 24.8 Å². The first-order valence-corrected chi connectivity index (χ1v) is 7.72. The van der Waals surface area contributed by atoms with Crippen molar-refractivity contribution in [3.05, 3.63) is 29.8 Å². The standard InChI is InChI=1S/C15H22N2OS/c1-4-15(2)11-19-14(17-15)16-13-8-6-5-7-12(13)9-10-18-3/h5-8H,4,9-11H2,1-3H3,(H,16,17). The molecule has 0 spiro atoms. The number of amidine groups is 1. The molecule has 0 amide bonds. The van der Waals surface area contributed by atoms with E-state index in [0.29, 0.717) is 0 Å². The lowest BCUT2D eigenvalue weighted by molar-refractivity contribution is 0.202. The van der Waals surface area contributed by atoms with E-state index in [2.05, 4.69) is 43.4 Å². The second-order valence-electron chi connectivity index (χ2n) is 5.08. The zero-order valence-electron chi connectivity index (χ0n) is 11.9. The third-order valence-electron chi connectivity index (χ3n) is 3.49. The second-order valence-corrected chi connectivity index (χ2v) is 6.05. The SMILES string of the molecule is CCC1(C)CSC(Nc2ccccc2CCOC)=N1. The summed E-state index contributed by atoms with van der Waals surface area (Å²) in [5.74, 6) is 1.06. The molecule has 1 aromatic carbocycles. The third-order valence-corrected chi connectivity index (χ3v) is 4.72. The van der Waals surface area contributed by atoms with Crippen LogP contribution in [0.25, 0.3) is 0 Å². The summed E-state index contributed by atoms with van der Waals surface area (Å²) in [6, 6.07) is 8.37. The molecule has 1 atom stereocenters. The lowest BCUT2D eigenvalue weighted by Gasteiger charge is -2.15. The number of rotatable bonds is 5. The van der Waals surface area contributed by atoms with E-state index in [1.165, 1.54) is 5.56 Å². The molecule has 4 heteroatoms. The minimum absolute atomic E-state index is 0.0917. The number of nitrogens with one attached hydrogen (secondary N) is 1. The molecule has 0 aliphatic carbocycles. The summed E-state index contributed by atoms with van der Waals surface area (Å²) in [5.41, 5.74) is 2.51. The molecule has 1 N–H and O–H groups in total. The quantitative estimate of drug-likeness (QED) is 0.894. The van der Waals surface area contributed by atoms with Gasteiger partial charge in [0.2, 0.25) is 0 Å². The molecule has 2 rings (SSSR count). The average molecular weight is 278 g/mol. The molecule has 1 aliphatic rings. The molecule has 0 saturated heterocycles. The first kappa shape index (κ1) is 14.4. The molecule has 0 saturated carbocycles. The Morgan fingerprint density at radius 1 is 1.42 bits per heavy atom. The predicted molar refractivity (Wildman–Crippen MR) is 84.2 cm³/mol. The van der Waals surface area contributed by atoms with E-state index in [4.69, 9.17) is 9.73 Å². The fourth-order valence-electron chi connectivity index (χ4n) is 1.97. The Balaban J connectivity index is 2.09. The number of anilines is 1. The Morgan fingerprint density at radius 3 is 2.89 bits per heavy atom. The summed E-state index contributed by atoms with van der Waals surface area (Å²) in [5, 5.41) is 4.50. The summed E-state index contributed by atoms with van der Waals surface area (Å²) in [6.45, 7) is 5.15. The van der Waals surface area contributed by atoms with Gasteiger partial charge in [-0.3, -0.25) is 4.99 Å². The fraction of sp³-hybridized carbons (Fsp3) is 0.533. The van der Waals surface area contributed by atoms with E-state index in [1.54, 1.807) is 7.11 Å². The summed E-state index contributed by atoms with van der Waals surface area (Å²) in [6.07, 6.45) is 2.00. The van der Waals surface area contributed by atoms with E-state index >= 15 is 0 Å². The highest BCUT2D eigenvalue weighted by Crippen LogP contribution is 2.31. The number of nitrogens with zero attached hydrogens (tertiary/aromatic N) is 1. The number of ether oxygens (including phenoxy) is 1. The Morgan fingerprint density at radius 2 is 2.21 bits per heavy atom. The summed E-state index contributed by atoms with van der Waals surface area (Å²) < 4.78 is 5.16. The smallest absolute Gasteiger partial charge is 0.161 e. The number of aliphatic imine (C=N–C) groups is 1. The highest BCUT2D eigenvalue weighted by Gasteiger charge is 2.28. The molecule has 1 aromatic rings. The monoisotopic (exact) mass is 278 g/mol. The number of hydrogen-bond acceptors (Lipinski definition) is 4. The normalized spacial score (nSPS) is 22.4. The number of hydrogen-bond donors (Lipinski definition) is 1. The van der Waals surface area contributed by atoms with Crippen LogP contribution >= 0.6 is 11.8 Å². The second kappa shape index (κ2) is 6.44. The lowest BCUT2D eigenvalue weighted by atomic mass is 10.0. The molecule has 0 bridgehead atoms. The van der Waals surface area contributed by atoms with Crippen LogP contribution in [0.3, 0.4) is 0 Å². The van der Waals surface area contributed by atoms with E-state index in [9.17, 15) is 0 Å². The number of thioether (sulfide) groups is 1. The van der Waals surface area contributed by atoms with Gasteiger partial charge >= 0.3 is 0 Å². The first-order chi connectivity index (χ1) is 9.17. The minimum Gasteiger partial charge on any atom is -0.384 e. The van der Waals surface area contributed by atoms with Crippen molar-refractivity contribution < 1.29 is 4.74 Å². The maximum atomic E-state index is 5.16. The molecule has 0 radical (unpaired) electrons. The Labute approximate surface area is 119 Å². The van der Waals surface area contributed by atoms with Crippen LogP contribution in [-0.4, -0.2) is 30.2 Å². The molecule has 19 heavy (non-hydrogen) atoms. The molecule has 1 aliphatic heterocycles. The molecule has 1 heterocycles. The van der Waals surface area contributed by atoms with Gasteiger partial charge in [-0.15, -0.1) is 0 Å². The summed E-state index contributed by atoms with van der Waals surface area (Å²) in [4.78, 5) is 4.79. The Bertz CT molecular complexity index is 461. The molecule has 0 fully saturated rings. The van der Waals surface area contributed by atoms with Crippen molar-refractivity contribution in [2.24, 2.45) is 4.99 Å². The largest absolute Gasteiger partial charge is 0.384 e. The van der Waals surface area contributed by atoms with Gasteiger partial charge in [0, 0.05) is 18.6 Å². The zero-order valence-corrected chi connectivity index (χ0v) is 12.7. The number of methoxy groups -OCH3 is 1. The van der Waals surface area contributed by atoms with E-state index in [-0.39, 0.29) is 5.54 Å². The van der Waals surface area contributed by atoms with Crippen molar-refractivity contribution >= 4 is 22.6 Å². The first-order valence-electron chi connectivity index (χ1n) is 6.73. The molecule has 1 unspecified atom stereocenters. The van der Waals surface area contributed by atoms with E-state index in [0.717, 1.165) is 36.1 Å². The lowest BCUT2D eigenvalue weighted by Crippen LogP contribution is -2.20. The molecule has 104 valence electrons. The van der Waals surface area contributed by atoms with Crippen LogP contribution in [0, 0.1) is 0 Å². The van der Waals surface area contributed by atoms with E-state index in [1.807, 2.05) is 11.8 Å². The van der Waals surface area contributed by atoms with Gasteiger partial charge in [0.05, 0.1) is 12.1 Å². The third kappa shape index (κ3) is 3.74. The highest BCUT2D eigenvalue weighted by molar-refractivity contribution is 8.14. The van der Waals surface area contributed by atoms with Crippen molar-refractivity contribution in [1.82, 2.24) is 0 Å². The van der Waals surface area contributed by atoms with Crippen molar-refractivity contribution in [1.29, 1.82) is 0 Å². The fourth-order valence-corrected chi connectivity index (χ4v) is 3.15. The van der Waals surface area contributed by atoms with Crippen molar-refractivity contribution in [2.45, 2.75) is 32.2 Å². The average Bonchev–Trinajstić information content (AvgIpc) is 2.80. The van der Waals surface area contributed by atoms with Crippen LogP contribution in [0.2, 0.25) is 0 Å².